The van der Waals surface area contributed by atoms with E-state index in [0.29, 0.717) is 0 Å². The zero-order valence-electron chi connectivity index (χ0n) is 11.1. The molecule has 1 amide bonds. The van der Waals surface area contributed by atoms with Crippen molar-refractivity contribution in [3.05, 3.63) is 12.7 Å². The van der Waals surface area contributed by atoms with Gasteiger partial charge in [0.25, 0.3) is 0 Å². The van der Waals surface area contributed by atoms with Gasteiger partial charge in [-0.3, -0.25) is 0 Å². The summed E-state index contributed by atoms with van der Waals surface area (Å²) in [6.07, 6.45) is 0.757. The van der Waals surface area contributed by atoms with Crippen LogP contribution >= 0.6 is 0 Å². The largest absolute Gasteiger partial charge is 0.460 e. The molecule has 0 aromatic carbocycles. The Kier molecular flexibility index (Phi) is 7.04. The van der Waals surface area contributed by atoms with E-state index in [9.17, 15) is 9.59 Å². The lowest BCUT2D eigenvalue weighted by Crippen LogP contribution is -2.44. The molecule has 0 aromatic heterocycles. The second-order valence-corrected chi connectivity index (χ2v) is 4.63. The fourth-order valence-corrected chi connectivity index (χ4v) is 1.07. The third-order valence-electron chi connectivity index (χ3n) is 1.74. The zero-order chi connectivity index (χ0) is 14.2. The summed E-state index contributed by atoms with van der Waals surface area (Å²) in [7, 11) is 0. The van der Waals surface area contributed by atoms with Gasteiger partial charge in [0.2, 0.25) is 0 Å². The Labute approximate surface area is 107 Å². The molecule has 6 nitrogen and oxygen atoms in total. The summed E-state index contributed by atoms with van der Waals surface area (Å²) in [5.74, 6) is -0.630. The first-order chi connectivity index (χ1) is 8.30. The van der Waals surface area contributed by atoms with Crippen LogP contribution in [0.4, 0.5) is 4.79 Å². The van der Waals surface area contributed by atoms with Crippen molar-refractivity contribution in [2.75, 3.05) is 13.2 Å². The van der Waals surface area contributed by atoms with Gasteiger partial charge < -0.3 is 19.9 Å². The Morgan fingerprint density at radius 1 is 1.44 bits per heavy atom. The van der Waals surface area contributed by atoms with E-state index in [1.54, 1.807) is 20.8 Å². The van der Waals surface area contributed by atoms with Crippen LogP contribution in [0.2, 0.25) is 0 Å². The molecule has 104 valence electrons. The third-order valence-corrected chi connectivity index (χ3v) is 1.74. The summed E-state index contributed by atoms with van der Waals surface area (Å²) in [6.45, 7) is 8.35. The van der Waals surface area contributed by atoms with E-state index in [2.05, 4.69) is 11.9 Å². The average Bonchev–Trinajstić information content (AvgIpc) is 2.22. The molecule has 6 heteroatoms. The maximum Gasteiger partial charge on any atom is 0.408 e. The fourth-order valence-electron chi connectivity index (χ4n) is 1.07. The van der Waals surface area contributed by atoms with Crippen molar-refractivity contribution < 1.29 is 24.2 Å². The topological polar surface area (TPSA) is 84.9 Å². The number of amides is 1. The number of carbonyl (C=O) groups excluding carboxylic acids is 2. The molecule has 0 spiro atoms. The molecular weight excluding hydrogens is 238 g/mol. The molecule has 0 bridgehead atoms. The molecule has 0 radical (unpaired) electrons. The highest BCUT2D eigenvalue weighted by atomic mass is 16.6. The summed E-state index contributed by atoms with van der Waals surface area (Å²) < 4.78 is 9.81. The number of carbonyl (C=O) groups is 2. The summed E-state index contributed by atoms with van der Waals surface area (Å²) in [4.78, 5) is 23.0. The van der Waals surface area contributed by atoms with E-state index in [-0.39, 0.29) is 19.6 Å². The standard InChI is InChI=1S/C12H21NO5/c1-5-8-17-10(15)9(6-7-14)13-11(16)18-12(2,3)4/h5,9,14H,1,6-8H2,2-4H3,(H,13,16). The molecule has 0 saturated carbocycles. The van der Waals surface area contributed by atoms with Crippen LogP contribution in [0.1, 0.15) is 27.2 Å². The number of ether oxygens (including phenoxy) is 2. The zero-order valence-corrected chi connectivity index (χ0v) is 11.1. The van der Waals surface area contributed by atoms with Crippen molar-refractivity contribution in [3.8, 4) is 0 Å². The number of hydrogen-bond donors (Lipinski definition) is 2. The average molecular weight is 259 g/mol. The van der Waals surface area contributed by atoms with Gasteiger partial charge in [-0.05, 0) is 20.8 Å². The summed E-state index contributed by atoms with van der Waals surface area (Å²) >= 11 is 0. The Balaban J connectivity index is 4.38. The molecule has 18 heavy (non-hydrogen) atoms. The van der Waals surface area contributed by atoms with E-state index in [1.165, 1.54) is 6.08 Å². The number of aliphatic hydroxyl groups excluding tert-OH is 1. The van der Waals surface area contributed by atoms with Gasteiger partial charge in [0.05, 0.1) is 0 Å². The Hall–Kier alpha value is -1.56. The van der Waals surface area contributed by atoms with Crippen molar-refractivity contribution in [3.63, 3.8) is 0 Å². The highest BCUT2D eigenvalue weighted by molar-refractivity contribution is 5.81. The molecule has 0 aliphatic rings. The normalized spacial score (nSPS) is 12.4. The van der Waals surface area contributed by atoms with Crippen LogP contribution in [-0.4, -0.2) is 42.0 Å². The molecule has 2 N–H and O–H groups in total. The number of rotatable bonds is 6. The molecule has 0 aromatic rings. The minimum absolute atomic E-state index is 0.0523. The van der Waals surface area contributed by atoms with Crippen molar-refractivity contribution in [1.82, 2.24) is 5.32 Å². The number of nitrogens with one attached hydrogen (secondary N) is 1. The fraction of sp³-hybridized carbons (Fsp3) is 0.667. The van der Waals surface area contributed by atoms with Gasteiger partial charge in [-0.25, -0.2) is 9.59 Å². The van der Waals surface area contributed by atoms with E-state index in [4.69, 9.17) is 14.6 Å². The van der Waals surface area contributed by atoms with Gasteiger partial charge in [-0.15, -0.1) is 0 Å². The quantitative estimate of drug-likeness (QED) is 0.549. The van der Waals surface area contributed by atoms with Crippen LogP contribution in [0.25, 0.3) is 0 Å². The van der Waals surface area contributed by atoms with Crippen molar-refractivity contribution in [2.45, 2.75) is 38.8 Å². The van der Waals surface area contributed by atoms with Crippen LogP contribution in [0, 0.1) is 0 Å². The molecule has 0 aliphatic heterocycles. The Morgan fingerprint density at radius 3 is 2.50 bits per heavy atom. The number of esters is 1. The summed E-state index contributed by atoms with van der Waals surface area (Å²) in [5.41, 5.74) is -0.654. The van der Waals surface area contributed by atoms with E-state index < -0.39 is 23.7 Å². The first-order valence-corrected chi connectivity index (χ1v) is 5.68. The van der Waals surface area contributed by atoms with Gasteiger partial charge in [0, 0.05) is 13.0 Å². The third kappa shape index (κ3) is 7.67. The minimum atomic E-state index is -0.926. The summed E-state index contributed by atoms with van der Waals surface area (Å²) in [5, 5.41) is 11.2. The Bertz CT molecular complexity index is 295. The number of aliphatic hydroxyl groups is 1. The number of alkyl carbamates (subject to hydrolysis) is 1. The molecule has 0 aliphatic carbocycles. The van der Waals surface area contributed by atoms with Gasteiger partial charge in [0.1, 0.15) is 18.2 Å². The molecule has 0 fully saturated rings. The molecular formula is C12H21NO5. The van der Waals surface area contributed by atoms with E-state index in [1.807, 2.05) is 0 Å². The highest BCUT2D eigenvalue weighted by Gasteiger charge is 2.24. The van der Waals surface area contributed by atoms with Crippen molar-refractivity contribution >= 4 is 12.1 Å². The van der Waals surface area contributed by atoms with Gasteiger partial charge in [-0.2, -0.15) is 0 Å². The smallest absolute Gasteiger partial charge is 0.408 e. The molecule has 0 rings (SSSR count). The lowest BCUT2D eigenvalue weighted by atomic mass is 10.2. The van der Waals surface area contributed by atoms with Crippen LogP contribution in [0.5, 0.6) is 0 Å². The van der Waals surface area contributed by atoms with E-state index >= 15 is 0 Å². The molecule has 0 saturated heterocycles. The first-order valence-electron chi connectivity index (χ1n) is 5.68. The SMILES string of the molecule is C=CCOC(=O)C(CCO)NC(=O)OC(C)(C)C. The first kappa shape index (κ1) is 16.4. The van der Waals surface area contributed by atoms with Crippen molar-refractivity contribution in [2.24, 2.45) is 0 Å². The predicted molar refractivity (Wildman–Crippen MR) is 66.0 cm³/mol. The van der Waals surface area contributed by atoms with Crippen LogP contribution in [0.15, 0.2) is 12.7 Å². The van der Waals surface area contributed by atoms with Crippen molar-refractivity contribution in [1.29, 1.82) is 0 Å². The van der Waals surface area contributed by atoms with Crippen LogP contribution in [-0.2, 0) is 14.3 Å². The Morgan fingerprint density at radius 2 is 2.06 bits per heavy atom. The maximum atomic E-state index is 11.5. The van der Waals surface area contributed by atoms with Gasteiger partial charge in [-0.1, -0.05) is 12.7 Å². The van der Waals surface area contributed by atoms with Crippen LogP contribution in [0.3, 0.4) is 0 Å². The summed E-state index contributed by atoms with van der Waals surface area (Å²) in [6, 6.07) is -0.926. The lowest BCUT2D eigenvalue weighted by molar-refractivity contribution is -0.145. The monoisotopic (exact) mass is 259 g/mol. The minimum Gasteiger partial charge on any atom is -0.460 e. The van der Waals surface area contributed by atoms with Crippen LogP contribution < -0.4 is 5.32 Å². The maximum absolute atomic E-state index is 11.5. The molecule has 0 heterocycles. The van der Waals surface area contributed by atoms with E-state index in [0.717, 1.165) is 0 Å². The second-order valence-electron chi connectivity index (χ2n) is 4.63. The lowest BCUT2D eigenvalue weighted by Gasteiger charge is -2.22. The van der Waals surface area contributed by atoms with Gasteiger partial charge in [0.15, 0.2) is 0 Å². The molecule has 1 atom stereocenters. The second kappa shape index (κ2) is 7.71. The molecule has 1 unspecified atom stereocenters. The van der Waals surface area contributed by atoms with Gasteiger partial charge >= 0.3 is 12.1 Å². The highest BCUT2D eigenvalue weighted by Crippen LogP contribution is 2.07. The predicted octanol–water partition coefficient (Wildman–Crippen LogP) is 0.991. The number of hydrogen-bond acceptors (Lipinski definition) is 5.